The number of fused-ring (bicyclic) bond motifs is 6. The topological polar surface area (TPSA) is 88.1 Å². The number of ether oxygens (including phenoxy) is 4. The third-order valence-corrected chi connectivity index (χ3v) is 10.2. The summed E-state index contributed by atoms with van der Waals surface area (Å²) in [5.74, 6) is -0.414. The zero-order valence-electron chi connectivity index (χ0n) is 17.8. The van der Waals surface area contributed by atoms with Crippen LogP contribution in [0.2, 0.25) is 0 Å². The van der Waals surface area contributed by atoms with Gasteiger partial charge in [-0.15, -0.1) is 0 Å². The van der Waals surface area contributed by atoms with E-state index in [9.17, 15) is 14.4 Å². The maximum Gasteiger partial charge on any atom is 0.341 e. The standard InChI is InChI=1S/C24H12Br4O7/c1-9(29)32-11-3-5-13-15(7-11)34-16-8-12(33-10(2)30)4-6-14(16)24(13)18-17(23(31)35-24)19(25)21(27)22(28)20(18)26/h3-8H,1-2H3. The average Bonchev–Trinajstić information content (AvgIpc) is 3.08. The third-order valence-electron chi connectivity index (χ3n) is 5.48. The van der Waals surface area contributed by atoms with Crippen LogP contribution >= 0.6 is 63.7 Å². The van der Waals surface area contributed by atoms with E-state index in [-0.39, 0.29) is 11.5 Å². The van der Waals surface area contributed by atoms with E-state index < -0.39 is 23.5 Å². The van der Waals surface area contributed by atoms with Gasteiger partial charge >= 0.3 is 17.9 Å². The van der Waals surface area contributed by atoms with Crippen molar-refractivity contribution in [3.8, 4) is 23.0 Å². The van der Waals surface area contributed by atoms with Crippen LogP contribution in [0, 0.1) is 0 Å². The Balaban J connectivity index is 1.86. The van der Waals surface area contributed by atoms with E-state index in [1.165, 1.54) is 13.8 Å². The van der Waals surface area contributed by atoms with Crippen LogP contribution in [0.4, 0.5) is 0 Å². The van der Waals surface area contributed by atoms with Crippen LogP contribution in [-0.4, -0.2) is 17.9 Å². The molecule has 0 atom stereocenters. The Morgan fingerprint density at radius 2 is 1.26 bits per heavy atom. The molecule has 0 bridgehead atoms. The van der Waals surface area contributed by atoms with Crippen molar-refractivity contribution in [2.24, 2.45) is 0 Å². The molecule has 1 spiro atoms. The van der Waals surface area contributed by atoms with E-state index in [2.05, 4.69) is 63.7 Å². The van der Waals surface area contributed by atoms with Crippen molar-refractivity contribution in [2.45, 2.75) is 19.4 Å². The Morgan fingerprint density at radius 3 is 1.74 bits per heavy atom. The van der Waals surface area contributed by atoms with Crippen molar-refractivity contribution < 1.29 is 33.3 Å². The van der Waals surface area contributed by atoms with Gasteiger partial charge in [-0.1, -0.05) is 0 Å². The van der Waals surface area contributed by atoms with Gasteiger partial charge in [0.2, 0.25) is 0 Å². The molecule has 35 heavy (non-hydrogen) atoms. The highest BCUT2D eigenvalue weighted by atomic mass is 79.9. The molecule has 0 aromatic heterocycles. The fraction of sp³-hybridized carbons (Fsp3) is 0.125. The summed E-state index contributed by atoms with van der Waals surface area (Å²) in [6, 6.07) is 9.67. The molecule has 178 valence electrons. The zero-order chi connectivity index (χ0) is 25.2. The first kappa shape index (κ1) is 24.5. The maximum atomic E-state index is 13.3. The average molecular weight is 732 g/mol. The minimum absolute atomic E-state index is 0.257. The fourth-order valence-corrected chi connectivity index (χ4v) is 6.81. The molecule has 0 amide bonds. The van der Waals surface area contributed by atoms with Gasteiger partial charge in [0.1, 0.15) is 23.0 Å². The number of halogens is 4. The van der Waals surface area contributed by atoms with Gasteiger partial charge in [-0.2, -0.15) is 0 Å². The lowest BCUT2D eigenvalue weighted by Crippen LogP contribution is -2.33. The van der Waals surface area contributed by atoms with E-state index in [0.29, 0.717) is 51.6 Å². The molecule has 0 aliphatic carbocycles. The van der Waals surface area contributed by atoms with Crippen LogP contribution in [0.3, 0.4) is 0 Å². The van der Waals surface area contributed by atoms with Crippen LogP contribution in [-0.2, 0) is 19.9 Å². The Morgan fingerprint density at radius 1 is 0.771 bits per heavy atom. The highest BCUT2D eigenvalue weighted by Gasteiger charge is 2.56. The van der Waals surface area contributed by atoms with Gasteiger partial charge < -0.3 is 18.9 Å². The minimum atomic E-state index is -1.41. The molecule has 3 aromatic rings. The van der Waals surface area contributed by atoms with Gasteiger partial charge in [0.05, 0.1) is 5.56 Å². The Kier molecular flexibility index (Phi) is 6.10. The molecule has 3 aromatic carbocycles. The first-order chi connectivity index (χ1) is 16.5. The predicted molar refractivity (Wildman–Crippen MR) is 138 cm³/mol. The van der Waals surface area contributed by atoms with Crippen molar-refractivity contribution in [3.63, 3.8) is 0 Å². The monoisotopic (exact) mass is 728 g/mol. The molecule has 0 fully saturated rings. The summed E-state index contributed by atoms with van der Waals surface area (Å²) in [7, 11) is 0. The summed E-state index contributed by atoms with van der Waals surface area (Å²) in [6.07, 6.45) is 0. The van der Waals surface area contributed by atoms with Crippen LogP contribution in [0.1, 0.15) is 40.9 Å². The number of esters is 3. The highest BCUT2D eigenvalue weighted by molar-refractivity contribution is 9.15. The molecular weight excluding hydrogens is 720 g/mol. The Hall–Kier alpha value is -2.21. The third kappa shape index (κ3) is 3.75. The molecule has 2 aliphatic heterocycles. The molecule has 11 heteroatoms. The molecular formula is C24H12Br4O7. The number of carbonyl (C=O) groups is 3. The molecule has 5 rings (SSSR count). The SMILES string of the molecule is CC(=O)Oc1ccc2c(c1)Oc1cc(OC(C)=O)ccc1C21OC(=O)c2c(Br)c(Br)c(Br)c(Br)c21. The first-order valence-corrected chi connectivity index (χ1v) is 13.1. The number of hydrogen-bond donors (Lipinski definition) is 0. The van der Waals surface area contributed by atoms with Crippen LogP contribution < -0.4 is 14.2 Å². The van der Waals surface area contributed by atoms with Crippen molar-refractivity contribution >= 4 is 81.6 Å². The van der Waals surface area contributed by atoms with Crippen LogP contribution in [0.15, 0.2) is 54.3 Å². The summed E-state index contributed by atoms with van der Waals surface area (Å²) in [4.78, 5) is 36.4. The second-order valence-corrected chi connectivity index (χ2v) is 10.9. The van der Waals surface area contributed by atoms with E-state index in [0.717, 1.165) is 0 Å². The van der Waals surface area contributed by atoms with Gasteiger partial charge in [0.15, 0.2) is 5.60 Å². The fourth-order valence-electron chi connectivity index (χ4n) is 4.25. The van der Waals surface area contributed by atoms with Crippen molar-refractivity contribution in [3.05, 3.63) is 76.5 Å². The van der Waals surface area contributed by atoms with E-state index >= 15 is 0 Å². The number of carbonyl (C=O) groups excluding carboxylic acids is 3. The first-order valence-electron chi connectivity index (χ1n) is 9.98. The quantitative estimate of drug-likeness (QED) is 0.120. The molecule has 0 saturated heterocycles. The van der Waals surface area contributed by atoms with Gasteiger partial charge in [-0.05, 0) is 88.0 Å². The Bertz CT molecular complexity index is 1420. The molecule has 2 aliphatic rings. The smallest absolute Gasteiger partial charge is 0.341 e. The van der Waals surface area contributed by atoms with Crippen molar-refractivity contribution in [1.82, 2.24) is 0 Å². The number of benzene rings is 3. The summed E-state index contributed by atoms with van der Waals surface area (Å²) in [6.45, 7) is 2.59. The van der Waals surface area contributed by atoms with Crippen LogP contribution in [0.25, 0.3) is 0 Å². The van der Waals surface area contributed by atoms with Crippen molar-refractivity contribution in [1.29, 1.82) is 0 Å². The van der Waals surface area contributed by atoms with Gasteiger partial charge in [-0.25, -0.2) is 4.79 Å². The summed E-state index contributed by atoms with van der Waals surface area (Å²) < 4.78 is 25.3. The van der Waals surface area contributed by atoms with E-state index in [1.807, 2.05) is 0 Å². The lowest BCUT2D eigenvalue weighted by molar-refractivity contribution is -0.132. The highest BCUT2D eigenvalue weighted by Crippen LogP contribution is 2.61. The molecule has 0 saturated carbocycles. The minimum Gasteiger partial charge on any atom is -0.456 e. The van der Waals surface area contributed by atoms with Gasteiger partial charge in [0, 0.05) is 60.6 Å². The zero-order valence-corrected chi connectivity index (χ0v) is 24.2. The molecule has 7 nitrogen and oxygen atoms in total. The second-order valence-electron chi connectivity index (χ2n) is 7.68. The number of hydrogen-bond acceptors (Lipinski definition) is 7. The molecule has 0 N–H and O–H groups in total. The Labute approximate surface area is 232 Å². The van der Waals surface area contributed by atoms with E-state index in [1.54, 1.807) is 36.4 Å². The molecule has 0 unspecified atom stereocenters. The lowest BCUT2D eigenvalue weighted by Gasteiger charge is -2.37. The van der Waals surface area contributed by atoms with Crippen molar-refractivity contribution in [2.75, 3.05) is 0 Å². The summed E-state index contributed by atoms with van der Waals surface area (Å²) in [5.41, 5.74) is 0.517. The van der Waals surface area contributed by atoms with E-state index in [4.69, 9.17) is 18.9 Å². The maximum absolute atomic E-state index is 13.3. The normalized spacial score (nSPS) is 14.4. The van der Waals surface area contributed by atoms with Crippen LogP contribution in [0.5, 0.6) is 23.0 Å². The lowest BCUT2D eigenvalue weighted by atomic mass is 9.77. The summed E-state index contributed by atoms with van der Waals surface area (Å²) >= 11 is 14.2. The molecule has 2 heterocycles. The van der Waals surface area contributed by atoms with Gasteiger partial charge in [0.25, 0.3) is 0 Å². The predicted octanol–water partition coefficient (Wildman–Crippen LogP) is 7.16. The largest absolute Gasteiger partial charge is 0.456 e. The number of rotatable bonds is 2. The van der Waals surface area contributed by atoms with Gasteiger partial charge in [-0.3, -0.25) is 9.59 Å². The summed E-state index contributed by atoms with van der Waals surface area (Å²) in [5, 5.41) is 0. The second kappa shape index (κ2) is 8.72. The molecule has 0 radical (unpaired) electrons.